The molecular weight excluding hydrogens is 303 g/mol. The largest absolute Gasteiger partial charge is 0.317 e. The molecule has 118 valence electrons. The smallest absolute Gasteiger partial charge is 0.0453 e. The zero-order chi connectivity index (χ0) is 13.9. The van der Waals surface area contributed by atoms with Crippen LogP contribution < -0.4 is 5.32 Å². The molecule has 0 aromatic heterocycles. The molecule has 21 heavy (non-hydrogen) atoms. The van der Waals surface area contributed by atoms with Gasteiger partial charge in [-0.25, -0.2) is 0 Å². The SMILES string of the molecule is CC(c1ccccc1Cl)N(CC1CCNCC1)C1CC1.Cl. The van der Waals surface area contributed by atoms with E-state index in [4.69, 9.17) is 11.6 Å². The van der Waals surface area contributed by atoms with E-state index in [-0.39, 0.29) is 12.4 Å². The van der Waals surface area contributed by atoms with Gasteiger partial charge in [0.15, 0.2) is 0 Å². The van der Waals surface area contributed by atoms with Gasteiger partial charge in [-0.15, -0.1) is 12.4 Å². The first-order chi connectivity index (χ1) is 9.75. The minimum Gasteiger partial charge on any atom is -0.317 e. The topological polar surface area (TPSA) is 15.3 Å². The average Bonchev–Trinajstić information content (AvgIpc) is 3.30. The Bertz CT molecular complexity index is 442. The quantitative estimate of drug-likeness (QED) is 0.867. The molecule has 1 heterocycles. The molecule has 1 unspecified atom stereocenters. The van der Waals surface area contributed by atoms with E-state index in [9.17, 15) is 0 Å². The summed E-state index contributed by atoms with van der Waals surface area (Å²) in [6.07, 6.45) is 5.36. The van der Waals surface area contributed by atoms with Crippen LogP contribution >= 0.6 is 24.0 Å². The normalized spacial score (nSPS) is 21.1. The summed E-state index contributed by atoms with van der Waals surface area (Å²) in [4.78, 5) is 2.71. The molecular formula is C17H26Cl2N2. The Morgan fingerprint density at radius 1 is 1.19 bits per heavy atom. The molecule has 1 N–H and O–H groups in total. The minimum atomic E-state index is 0. The van der Waals surface area contributed by atoms with Crippen molar-refractivity contribution in [2.45, 2.75) is 44.7 Å². The van der Waals surface area contributed by atoms with Crippen LogP contribution in [0.25, 0.3) is 0 Å². The van der Waals surface area contributed by atoms with Gasteiger partial charge in [-0.05, 0) is 63.2 Å². The number of nitrogens with zero attached hydrogens (tertiary/aromatic N) is 1. The van der Waals surface area contributed by atoms with E-state index in [1.807, 2.05) is 12.1 Å². The van der Waals surface area contributed by atoms with E-state index >= 15 is 0 Å². The van der Waals surface area contributed by atoms with Gasteiger partial charge in [0, 0.05) is 23.7 Å². The summed E-state index contributed by atoms with van der Waals surface area (Å²) < 4.78 is 0. The molecule has 1 aliphatic heterocycles. The van der Waals surface area contributed by atoms with Crippen LogP contribution in [0, 0.1) is 5.92 Å². The van der Waals surface area contributed by atoms with Crippen molar-refractivity contribution in [3.63, 3.8) is 0 Å². The van der Waals surface area contributed by atoms with Crippen molar-refractivity contribution in [3.05, 3.63) is 34.9 Å². The van der Waals surface area contributed by atoms with Gasteiger partial charge in [0.1, 0.15) is 0 Å². The van der Waals surface area contributed by atoms with Gasteiger partial charge in [0.05, 0.1) is 0 Å². The van der Waals surface area contributed by atoms with Crippen molar-refractivity contribution in [1.82, 2.24) is 10.2 Å². The van der Waals surface area contributed by atoms with Crippen LogP contribution in [-0.4, -0.2) is 30.6 Å². The molecule has 1 saturated carbocycles. The Hall–Kier alpha value is -0.280. The lowest BCUT2D eigenvalue weighted by Gasteiger charge is -2.35. The first-order valence-corrected chi connectivity index (χ1v) is 8.34. The summed E-state index contributed by atoms with van der Waals surface area (Å²) in [6.45, 7) is 5.92. The average molecular weight is 329 g/mol. The molecule has 2 nitrogen and oxygen atoms in total. The molecule has 1 atom stereocenters. The fourth-order valence-corrected chi connectivity index (χ4v) is 3.68. The summed E-state index contributed by atoms with van der Waals surface area (Å²) in [5.41, 5.74) is 1.29. The molecule has 2 aliphatic rings. The first kappa shape index (κ1) is 17.1. The summed E-state index contributed by atoms with van der Waals surface area (Å²) in [5.74, 6) is 0.849. The van der Waals surface area contributed by atoms with E-state index in [0.29, 0.717) is 6.04 Å². The molecule has 1 aromatic carbocycles. The molecule has 4 heteroatoms. The predicted octanol–water partition coefficient (Wildman–Crippen LogP) is 4.29. The molecule has 1 aromatic rings. The highest BCUT2D eigenvalue weighted by molar-refractivity contribution is 6.31. The van der Waals surface area contributed by atoms with Crippen molar-refractivity contribution < 1.29 is 0 Å². The second-order valence-corrected chi connectivity index (χ2v) is 6.73. The van der Waals surface area contributed by atoms with Crippen molar-refractivity contribution in [3.8, 4) is 0 Å². The molecule has 2 fully saturated rings. The number of benzene rings is 1. The van der Waals surface area contributed by atoms with Crippen LogP contribution in [0.4, 0.5) is 0 Å². The van der Waals surface area contributed by atoms with Crippen molar-refractivity contribution in [2.75, 3.05) is 19.6 Å². The van der Waals surface area contributed by atoms with E-state index in [1.54, 1.807) is 0 Å². The van der Waals surface area contributed by atoms with E-state index < -0.39 is 0 Å². The van der Waals surface area contributed by atoms with Crippen molar-refractivity contribution >= 4 is 24.0 Å². The monoisotopic (exact) mass is 328 g/mol. The highest BCUT2D eigenvalue weighted by Crippen LogP contribution is 2.37. The number of hydrogen-bond donors (Lipinski definition) is 1. The standard InChI is InChI=1S/C17H25ClN2.ClH/c1-13(16-4-2-3-5-17(16)18)20(15-6-7-15)12-14-8-10-19-11-9-14;/h2-5,13-15,19H,6-12H2,1H3;1H. The van der Waals surface area contributed by atoms with Gasteiger partial charge in [-0.2, -0.15) is 0 Å². The van der Waals surface area contributed by atoms with Gasteiger partial charge in [-0.1, -0.05) is 29.8 Å². The van der Waals surface area contributed by atoms with Gasteiger partial charge < -0.3 is 5.32 Å². The van der Waals surface area contributed by atoms with E-state index in [1.165, 1.54) is 50.9 Å². The highest BCUT2D eigenvalue weighted by atomic mass is 35.5. The Balaban J connectivity index is 0.00000161. The maximum absolute atomic E-state index is 6.39. The molecule has 1 aliphatic carbocycles. The highest BCUT2D eigenvalue weighted by Gasteiger charge is 2.34. The van der Waals surface area contributed by atoms with Gasteiger partial charge in [0.2, 0.25) is 0 Å². The third-order valence-electron chi connectivity index (χ3n) is 4.80. The van der Waals surface area contributed by atoms with E-state index in [0.717, 1.165) is 17.0 Å². The summed E-state index contributed by atoms with van der Waals surface area (Å²) >= 11 is 6.39. The molecule has 0 bridgehead atoms. The van der Waals surface area contributed by atoms with Gasteiger partial charge >= 0.3 is 0 Å². The summed E-state index contributed by atoms with van der Waals surface area (Å²) in [5, 5.41) is 4.38. The molecule has 1 saturated heterocycles. The lowest BCUT2D eigenvalue weighted by atomic mass is 9.96. The van der Waals surface area contributed by atoms with Gasteiger partial charge in [-0.3, -0.25) is 4.90 Å². The maximum Gasteiger partial charge on any atom is 0.0453 e. The van der Waals surface area contributed by atoms with Crippen LogP contribution in [-0.2, 0) is 0 Å². The van der Waals surface area contributed by atoms with Crippen LogP contribution in [0.2, 0.25) is 5.02 Å². The number of halogens is 2. The molecule has 3 rings (SSSR count). The zero-order valence-corrected chi connectivity index (χ0v) is 14.3. The Labute approximate surface area is 139 Å². The fourth-order valence-electron chi connectivity index (χ4n) is 3.38. The first-order valence-electron chi connectivity index (χ1n) is 7.96. The van der Waals surface area contributed by atoms with Crippen molar-refractivity contribution in [2.24, 2.45) is 5.92 Å². The van der Waals surface area contributed by atoms with Crippen LogP contribution in [0.3, 0.4) is 0 Å². The number of hydrogen-bond acceptors (Lipinski definition) is 2. The summed E-state index contributed by atoms with van der Waals surface area (Å²) in [7, 11) is 0. The number of nitrogens with one attached hydrogen (secondary N) is 1. The summed E-state index contributed by atoms with van der Waals surface area (Å²) in [6, 6.07) is 9.55. The fraction of sp³-hybridized carbons (Fsp3) is 0.647. The number of rotatable bonds is 5. The second kappa shape index (κ2) is 7.82. The lowest BCUT2D eigenvalue weighted by Crippen LogP contribution is -2.38. The minimum absolute atomic E-state index is 0. The van der Waals surface area contributed by atoms with Crippen LogP contribution in [0.15, 0.2) is 24.3 Å². The molecule has 0 spiro atoms. The Morgan fingerprint density at radius 2 is 1.86 bits per heavy atom. The Morgan fingerprint density at radius 3 is 2.48 bits per heavy atom. The van der Waals surface area contributed by atoms with Crippen LogP contribution in [0.5, 0.6) is 0 Å². The zero-order valence-electron chi connectivity index (χ0n) is 12.7. The second-order valence-electron chi connectivity index (χ2n) is 6.32. The van der Waals surface area contributed by atoms with E-state index in [2.05, 4.69) is 29.3 Å². The predicted molar refractivity (Wildman–Crippen MR) is 92.4 cm³/mol. The van der Waals surface area contributed by atoms with Gasteiger partial charge in [0.25, 0.3) is 0 Å². The Kier molecular flexibility index (Phi) is 6.36. The molecule has 0 amide bonds. The number of piperidine rings is 1. The lowest BCUT2D eigenvalue weighted by molar-refractivity contribution is 0.152. The third-order valence-corrected chi connectivity index (χ3v) is 5.14. The third kappa shape index (κ3) is 4.35. The van der Waals surface area contributed by atoms with Crippen LogP contribution in [0.1, 0.15) is 44.2 Å². The maximum atomic E-state index is 6.39. The van der Waals surface area contributed by atoms with Crippen molar-refractivity contribution in [1.29, 1.82) is 0 Å². The molecule has 0 radical (unpaired) electrons.